The molecule has 0 aromatic heterocycles. The maximum Gasteiger partial charge on any atom is 0.142 e. The predicted molar refractivity (Wildman–Crippen MR) is 80.8 cm³/mol. The van der Waals surface area contributed by atoms with Gasteiger partial charge >= 0.3 is 0 Å². The van der Waals surface area contributed by atoms with Gasteiger partial charge in [0, 0.05) is 10.0 Å². The standard InChI is InChI=1S/C15H14BrClFN/c1-15(19,11-3-5-12(16)6-4-11)9-10-2-7-13(17)14(18)8-10/h2-8H,9,19H2,1H3. The molecule has 2 aromatic rings. The molecule has 2 aromatic carbocycles. The van der Waals surface area contributed by atoms with E-state index >= 15 is 0 Å². The van der Waals surface area contributed by atoms with E-state index in [0.29, 0.717) is 6.42 Å². The van der Waals surface area contributed by atoms with E-state index in [9.17, 15) is 4.39 Å². The normalized spacial score (nSPS) is 14.2. The molecule has 0 aliphatic rings. The van der Waals surface area contributed by atoms with Crippen LogP contribution in [0.3, 0.4) is 0 Å². The fourth-order valence-corrected chi connectivity index (χ4v) is 2.39. The van der Waals surface area contributed by atoms with Gasteiger partial charge in [-0.1, -0.05) is 45.7 Å². The Morgan fingerprint density at radius 2 is 1.84 bits per heavy atom. The summed E-state index contributed by atoms with van der Waals surface area (Å²) in [7, 11) is 0. The molecule has 0 saturated carbocycles. The Kier molecular flexibility index (Phi) is 4.29. The van der Waals surface area contributed by atoms with Gasteiger partial charge in [-0.2, -0.15) is 0 Å². The van der Waals surface area contributed by atoms with Gasteiger partial charge in [-0.05, 0) is 48.7 Å². The number of hydrogen-bond acceptors (Lipinski definition) is 1. The molecule has 0 bridgehead atoms. The molecule has 0 saturated heterocycles. The molecule has 0 aliphatic carbocycles. The van der Waals surface area contributed by atoms with Crippen molar-refractivity contribution in [3.05, 3.63) is 68.9 Å². The summed E-state index contributed by atoms with van der Waals surface area (Å²) in [5.41, 5.74) is 7.62. The van der Waals surface area contributed by atoms with Crippen LogP contribution in [0.5, 0.6) is 0 Å². The second kappa shape index (κ2) is 5.61. The monoisotopic (exact) mass is 341 g/mol. The van der Waals surface area contributed by atoms with E-state index in [4.69, 9.17) is 17.3 Å². The summed E-state index contributed by atoms with van der Waals surface area (Å²) in [5.74, 6) is -0.411. The van der Waals surface area contributed by atoms with E-state index < -0.39 is 11.4 Å². The minimum absolute atomic E-state index is 0.131. The molecule has 1 nitrogen and oxygen atoms in total. The third-order valence-corrected chi connectivity index (χ3v) is 3.89. The smallest absolute Gasteiger partial charge is 0.142 e. The topological polar surface area (TPSA) is 26.0 Å². The third-order valence-electron chi connectivity index (χ3n) is 3.06. The Balaban J connectivity index is 2.25. The SMILES string of the molecule is CC(N)(Cc1ccc(Cl)c(F)c1)c1ccc(Br)cc1. The number of rotatable bonds is 3. The van der Waals surface area contributed by atoms with Crippen molar-refractivity contribution in [3.8, 4) is 0 Å². The number of benzene rings is 2. The summed E-state index contributed by atoms with van der Waals surface area (Å²) in [6.45, 7) is 1.93. The minimum Gasteiger partial charge on any atom is -0.321 e. The minimum atomic E-state index is -0.555. The Labute approximate surface area is 125 Å². The Hall–Kier alpha value is -0.900. The molecular weight excluding hydrogens is 329 g/mol. The van der Waals surface area contributed by atoms with Crippen molar-refractivity contribution >= 4 is 27.5 Å². The molecule has 100 valence electrons. The summed E-state index contributed by atoms with van der Waals surface area (Å²) in [6, 6.07) is 12.6. The van der Waals surface area contributed by atoms with Gasteiger partial charge in [0.15, 0.2) is 0 Å². The van der Waals surface area contributed by atoms with Crippen molar-refractivity contribution < 1.29 is 4.39 Å². The summed E-state index contributed by atoms with van der Waals surface area (Å²) in [5, 5.41) is 0.131. The van der Waals surface area contributed by atoms with Gasteiger partial charge in [0.2, 0.25) is 0 Å². The highest BCUT2D eigenvalue weighted by Crippen LogP contribution is 2.26. The van der Waals surface area contributed by atoms with Crippen molar-refractivity contribution in [2.75, 3.05) is 0 Å². The average Bonchev–Trinajstić information content (AvgIpc) is 2.34. The Morgan fingerprint density at radius 3 is 2.42 bits per heavy atom. The zero-order valence-corrected chi connectivity index (χ0v) is 12.8. The first-order valence-electron chi connectivity index (χ1n) is 5.87. The largest absolute Gasteiger partial charge is 0.321 e. The first-order valence-corrected chi connectivity index (χ1v) is 7.04. The molecule has 0 heterocycles. The molecule has 2 N–H and O–H groups in total. The number of hydrogen-bond donors (Lipinski definition) is 1. The van der Waals surface area contributed by atoms with Crippen LogP contribution < -0.4 is 5.73 Å². The van der Waals surface area contributed by atoms with Gasteiger partial charge < -0.3 is 5.73 Å². The van der Waals surface area contributed by atoms with Crippen LogP contribution in [0.1, 0.15) is 18.1 Å². The molecule has 0 fully saturated rings. The van der Waals surface area contributed by atoms with Gasteiger partial charge in [0.25, 0.3) is 0 Å². The zero-order chi connectivity index (χ0) is 14.0. The van der Waals surface area contributed by atoms with E-state index in [2.05, 4.69) is 15.9 Å². The van der Waals surface area contributed by atoms with Crippen molar-refractivity contribution in [2.24, 2.45) is 5.73 Å². The van der Waals surface area contributed by atoms with E-state index in [-0.39, 0.29) is 5.02 Å². The van der Waals surface area contributed by atoms with Gasteiger partial charge in [-0.15, -0.1) is 0 Å². The van der Waals surface area contributed by atoms with Gasteiger partial charge in [-0.3, -0.25) is 0 Å². The second-order valence-electron chi connectivity index (χ2n) is 4.85. The van der Waals surface area contributed by atoms with E-state index in [1.54, 1.807) is 12.1 Å². The second-order valence-corrected chi connectivity index (χ2v) is 6.17. The van der Waals surface area contributed by atoms with E-state index in [1.807, 2.05) is 31.2 Å². The van der Waals surface area contributed by atoms with Crippen molar-refractivity contribution in [2.45, 2.75) is 18.9 Å². The van der Waals surface area contributed by atoms with Crippen LogP contribution in [0, 0.1) is 5.82 Å². The van der Waals surface area contributed by atoms with Crippen LogP contribution in [0.15, 0.2) is 46.9 Å². The molecule has 0 aliphatic heterocycles. The summed E-state index contributed by atoms with van der Waals surface area (Å²) in [4.78, 5) is 0. The molecule has 2 rings (SSSR count). The van der Waals surface area contributed by atoms with E-state index in [0.717, 1.165) is 15.6 Å². The molecule has 1 unspecified atom stereocenters. The Bertz CT molecular complexity index is 581. The van der Waals surface area contributed by atoms with Gasteiger partial charge in [0.05, 0.1) is 5.02 Å². The predicted octanol–water partition coefficient (Wildman–Crippen LogP) is 4.66. The van der Waals surface area contributed by atoms with Crippen molar-refractivity contribution in [1.82, 2.24) is 0 Å². The third kappa shape index (κ3) is 3.56. The van der Waals surface area contributed by atoms with Crippen molar-refractivity contribution in [3.63, 3.8) is 0 Å². The first kappa shape index (κ1) is 14.5. The number of halogens is 3. The highest BCUT2D eigenvalue weighted by molar-refractivity contribution is 9.10. The lowest BCUT2D eigenvalue weighted by molar-refractivity contribution is 0.489. The maximum atomic E-state index is 13.4. The van der Waals surface area contributed by atoms with Gasteiger partial charge in [0.1, 0.15) is 5.82 Å². The molecule has 0 radical (unpaired) electrons. The summed E-state index contributed by atoms with van der Waals surface area (Å²) in [6.07, 6.45) is 0.544. The maximum absolute atomic E-state index is 13.4. The molecule has 19 heavy (non-hydrogen) atoms. The highest BCUT2D eigenvalue weighted by Gasteiger charge is 2.22. The Morgan fingerprint density at radius 1 is 1.21 bits per heavy atom. The average molecular weight is 343 g/mol. The fourth-order valence-electron chi connectivity index (χ4n) is 2.01. The lowest BCUT2D eigenvalue weighted by Gasteiger charge is -2.25. The number of nitrogens with two attached hydrogens (primary N) is 1. The fraction of sp³-hybridized carbons (Fsp3) is 0.200. The van der Waals surface area contributed by atoms with E-state index in [1.165, 1.54) is 6.07 Å². The summed E-state index contributed by atoms with van der Waals surface area (Å²) >= 11 is 9.07. The first-order chi connectivity index (χ1) is 8.88. The van der Waals surface area contributed by atoms with Crippen LogP contribution in [0.2, 0.25) is 5.02 Å². The van der Waals surface area contributed by atoms with Gasteiger partial charge in [-0.25, -0.2) is 4.39 Å². The lowest BCUT2D eigenvalue weighted by Crippen LogP contribution is -2.35. The molecular formula is C15H14BrClFN. The highest BCUT2D eigenvalue weighted by atomic mass is 79.9. The molecule has 0 amide bonds. The van der Waals surface area contributed by atoms with Crippen LogP contribution >= 0.6 is 27.5 Å². The van der Waals surface area contributed by atoms with Crippen LogP contribution in [-0.2, 0) is 12.0 Å². The summed E-state index contributed by atoms with van der Waals surface area (Å²) < 4.78 is 14.4. The quantitative estimate of drug-likeness (QED) is 0.862. The lowest BCUT2D eigenvalue weighted by atomic mass is 9.87. The van der Waals surface area contributed by atoms with Crippen LogP contribution in [0.25, 0.3) is 0 Å². The molecule has 4 heteroatoms. The molecule has 0 spiro atoms. The molecule has 1 atom stereocenters. The van der Waals surface area contributed by atoms with Crippen molar-refractivity contribution in [1.29, 1.82) is 0 Å². The van der Waals surface area contributed by atoms with Crippen LogP contribution in [0.4, 0.5) is 4.39 Å². The van der Waals surface area contributed by atoms with Crippen LogP contribution in [-0.4, -0.2) is 0 Å². The zero-order valence-electron chi connectivity index (χ0n) is 10.5.